The molecular formula is C25H29FN6O8. The lowest BCUT2D eigenvalue weighted by Crippen LogP contribution is -2.46. The number of hydrogen-bond donors (Lipinski definition) is 2. The average molecular weight is 561 g/mol. The molecule has 40 heavy (non-hydrogen) atoms. The van der Waals surface area contributed by atoms with E-state index in [1.54, 1.807) is 20.8 Å². The minimum atomic E-state index is -1.34. The fourth-order valence-corrected chi connectivity index (χ4v) is 3.53. The van der Waals surface area contributed by atoms with Gasteiger partial charge in [-0.3, -0.25) is 19.0 Å². The van der Waals surface area contributed by atoms with Crippen LogP contribution in [0.3, 0.4) is 0 Å². The van der Waals surface area contributed by atoms with Gasteiger partial charge in [0.25, 0.3) is 11.5 Å². The van der Waals surface area contributed by atoms with Crippen LogP contribution >= 0.6 is 0 Å². The number of rotatable bonds is 10. The van der Waals surface area contributed by atoms with Crippen molar-refractivity contribution < 1.29 is 37.4 Å². The molecule has 2 N–H and O–H groups in total. The normalized spacial score (nSPS) is 11.9. The summed E-state index contributed by atoms with van der Waals surface area (Å²) < 4.78 is 34.7. The van der Waals surface area contributed by atoms with Crippen LogP contribution in [0, 0.1) is 12.7 Å². The quantitative estimate of drug-likeness (QED) is 0.274. The molecule has 2 amide bonds. The summed E-state index contributed by atoms with van der Waals surface area (Å²) in [5.74, 6) is -2.66. The Bertz CT molecular complexity index is 1450. The molecule has 15 heteroatoms. The second kappa shape index (κ2) is 12.4. The largest absolute Gasteiger partial charge is 0.511 e. The molecule has 14 nitrogen and oxygen atoms in total. The number of hydrogen-bond acceptors (Lipinski definition) is 11. The van der Waals surface area contributed by atoms with Crippen LogP contribution in [0.15, 0.2) is 33.5 Å². The first kappa shape index (κ1) is 29.7. The second-order valence-corrected chi connectivity index (χ2v) is 9.02. The zero-order valence-electron chi connectivity index (χ0n) is 22.7. The third kappa shape index (κ3) is 6.98. The lowest BCUT2D eigenvalue weighted by molar-refractivity contribution is -0.0615. The molecule has 1 unspecified atom stereocenters. The lowest BCUT2D eigenvalue weighted by atomic mass is 10.0. The van der Waals surface area contributed by atoms with Gasteiger partial charge in [0.1, 0.15) is 11.6 Å². The van der Waals surface area contributed by atoms with Crippen LogP contribution < -0.4 is 20.9 Å². The van der Waals surface area contributed by atoms with Crippen molar-refractivity contribution in [2.45, 2.75) is 52.5 Å². The van der Waals surface area contributed by atoms with Crippen LogP contribution in [0.5, 0.6) is 5.75 Å². The summed E-state index contributed by atoms with van der Waals surface area (Å²) in [6.45, 7) is 6.20. The number of carbonyl (C=O) groups excluding carboxylic acids is 3. The van der Waals surface area contributed by atoms with Gasteiger partial charge in [0.15, 0.2) is 5.69 Å². The SMILES string of the molecule is CCC(OC(=O)OC)Oc1c(C(=O)NCc2ccc(F)cc2)nc(C(C)(C)NC(=O)c2nnc(C)o2)n(C)c1=O. The Labute approximate surface area is 227 Å². The van der Waals surface area contributed by atoms with Crippen molar-refractivity contribution in [1.29, 1.82) is 0 Å². The van der Waals surface area contributed by atoms with Gasteiger partial charge in [-0.15, -0.1) is 10.2 Å². The molecule has 2 heterocycles. The van der Waals surface area contributed by atoms with E-state index in [9.17, 15) is 23.6 Å². The van der Waals surface area contributed by atoms with Crippen LogP contribution in [0.2, 0.25) is 0 Å². The molecule has 214 valence electrons. The highest BCUT2D eigenvalue weighted by Gasteiger charge is 2.34. The molecule has 0 aliphatic rings. The number of nitrogens with one attached hydrogen (secondary N) is 2. The van der Waals surface area contributed by atoms with E-state index in [0.717, 1.165) is 11.7 Å². The summed E-state index contributed by atoms with van der Waals surface area (Å²) in [4.78, 5) is 55.5. The Kier molecular flexibility index (Phi) is 9.19. The number of methoxy groups -OCH3 is 1. The molecule has 0 fully saturated rings. The summed E-state index contributed by atoms with van der Waals surface area (Å²) in [7, 11) is 2.47. The Morgan fingerprint density at radius 2 is 1.82 bits per heavy atom. The molecule has 1 aromatic carbocycles. The lowest BCUT2D eigenvalue weighted by Gasteiger charge is -2.28. The molecule has 0 saturated heterocycles. The Hall–Kier alpha value is -4.82. The number of nitrogens with zero attached hydrogens (tertiary/aromatic N) is 4. The van der Waals surface area contributed by atoms with Crippen LogP contribution in [0.25, 0.3) is 0 Å². The van der Waals surface area contributed by atoms with Crippen LogP contribution in [0.4, 0.5) is 9.18 Å². The molecule has 3 aromatic rings. The topological polar surface area (TPSA) is 177 Å². The predicted octanol–water partition coefficient (Wildman–Crippen LogP) is 2.10. The fourth-order valence-electron chi connectivity index (χ4n) is 3.53. The van der Waals surface area contributed by atoms with Gasteiger partial charge in [0.2, 0.25) is 17.9 Å². The Balaban J connectivity index is 2.02. The number of halogens is 1. The highest BCUT2D eigenvalue weighted by molar-refractivity contribution is 5.95. The maximum absolute atomic E-state index is 13.5. The van der Waals surface area contributed by atoms with E-state index < -0.39 is 52.6 Å². The summed E-state index contributed by atoms with van der Waals surface area (Å²) in [5.41, 5.74) is -2.02. The Morgan fingerprint density at radius 3 is 2.40 bits per heavy atom. The summed E-state index contributed by atoms with van der Waals surface area (Å²) >= 11 is 0. The number of aryl methyl sites for hydroxylation is 1. The summed E-state index contributed by atoms with van der Waals surface area (Å²) in [5, 5.41) is 12.6. The second-order valence-electron chi connectivity index (χ2n) is 9.02. The van der Waals surface area contributed by atoms with Crippen LogP contribution in [0.1, 0.15) is 65.6 Å². The number of aromatic nitrogens is 4. The van der Waals surface area contributed by atoms with Gasteiger partial charge < -0.3 is 29.3 Å². The summed E-state index contributed by atoms with van der Waals surface area (Å²) in [6.07, 6.45) is -2.25. The van der Waals surface area contributed by atoms with E-state index in [-0.39, 0.29) is 30.6 Å². The van der Waals surface area contributed by atoms with Gasteiger partial charge in [-0.05, 0) is 31.5 Å². The number of benzene rings is 1. The summed E-state index contributed by atoms with van der Waals surface area (Å²) in [6, 6.07) is 5.42. The predicted molar refractivity (Wildman–Crippen MR) is 135 cm³/mol. The zero-order chi connectivity index (χ0) is 29.6. The van der Waals surface area contributed by atoms with Gasteiger partial charge >= 0.3 is 18.0 Å². The minimum absolute atomic E-state index is 0.0247. The highest BCUT2D eigenvalue weighted by atomic mass is 19.1. The first-order valence-corrected chi connectivity index (χ1v) is 12.0. The van der Waals surface area contributed by atoms with Crippen LogP contribution in [-0.2, 0) is 28.6 Å². The Morgan fingerprint density at radius 1 is 1.15 bits per heavy atom. The average Bonchev–Trinajstić information content (AvgIpc) is 3.36. The molecule has 0 spiro atoms. The monoisotopic (exact) mass is 560 g/mol. The number of ether oxygens (including phenoxy) is 3. The third-order valence-corrected chi connectivity index (χ3v) is 5.51. The fraction of sp³-hybridized carbons (Fsp3) is 0.400. The third-order valence-electron chi connectivity index (χ3n) is 5.51. The smallest absolute Gasteiger partial charge is 0.446 e. The van der Waals surface area contributed by atoms with E-state index in [2.05, 4.69) is 30.6 Å². The minimum Gasteiger partial charge on any atom is -0.446 e. The standard InChI is InChI=1S/C25H29FN6O8/c1-7-16(40-24(36)37-6)39-18-17(19(33)27-12-14-8-10-15(26)11-9-14)28-23(32(5)22(18)35)25(3,4)29-20(34)21-31-30-13(2)38-21/h8-11,16H,7,12H2,1-6H3,(H,27,33)(H,29,34). The van der Waals surface area contributed by atoms with Crippen LogP contribution in [-0.4, -0.2) is 51.1 Å². The van der Waals surface area contributed by atoms with Crippen molar-refractivity contribution in [3.63, 3.8) is 0 Å². The van der Waals surface area contributed by atoms with Gasteiger partial charge in [-0.2, -0.15) is 0 Å². The maximum atomic E-state index is 13.5. The van der Waals surface area contributed by atoms with E-state index >= 15 is 0 Å². The zero-order valence-corrected chi connectivity index (χ0v) is 22.7. The van der Waals surface area contributed by atoms with Crippen molar-refractivity contribution in [2.24, 2.45) is 7.05 Å². The molecule has 0 bridgehead atoms. The van der Waals surface area contributed by atoms with E-state index in [4.69, 9.17) is 13.9 Å². The molecule has 0 aliphatic carbocycles. The van der Waals surface area contributed by atoms with E-state index in [1.165, 1.54) is 38.2 Å². The van der Waals surface area contributed by atoms with Gasteiger partial charge in [0, 0.05) is 26.9 Å². The molecular weight excluding hydrogens is 531 g/mol. The van der Waals surface area contributed by atoms with Gasteiger partial charge in [0.05, 0.1) is 12.6 Å². The first-order valence-electron chi connectivity index (χ1n) is 12.0. The van der Waals surface area contributed by atoms with Gasteiger partial charge in [-0.1, -0.05) is 19.1 Å². The highest BCUT2D eigenvalue weighted by Crippen LogP contribution is 2.22. The number of carbonyl (C=O) groups is 3. The molecule has 0 aliphatic heterocycles. The van der Waals surface area contributed by atoms with Crippen molar-refractivity contribution in [3.05, 3.63) is 69.3 Å². The van der Waals surface area contributed by atoms with Crippen molar-refractivity contribution in [2.75, 3.05) is 7.11 Å². The molecule has 1 atom stereocenters. The molecule has 3 rings (SSSR count). The molecule has 2 aromatic heterocycles. The van der Waals surface area contributed by atoms with E-state index in [0.29, 0.717) is 5.56 Å². The number of amides is 2. The molecule has 0 radical (unpaired) electrons. The van der Waals surface area contributed by atoms with Gasteiger partial charge in [-0.25, -0.2) is 14.2 Å². The van der Waals surface area contributed by atoms with E-state index in [1.807, 2.05) is 0 Å². The first-order chi connectivity index (χ1) is 18.9. The van der Waals surface area contributed by atoms with Crippen molar-refractivity contribution in [3.8, 4) is 5.75 Å². The molecule has 0 saturated carbocycles. The maximum Gasteiger partial charge on any atom is 0.511 e. The van der Waals surface area contributed by atoms with Crippen molar-refractivity contribution in [1.82, 2.24) is 30.4 Å². The van der Waals surface area contributed by atoms with Crippen molar-refractivity contribution >= 4 is 18.0 Å².